The van der Waals surface area contributed by atoms with E-state index < -0.39 is 11.9 Å². The summed E-state index contributed by atoms with van der Waals surface area (Å²) in [6.07, 6.45) is -0.903. The van der Waals surface area contributed by atoms with Gasteiger partial charge in [-0.1, -0.05) is 17.7 Å². The van der Waals surface area contributed by atoms with Crippen LogP contribution in [0.3, 0.4) is 0 Å². The highest BCUT2D eigenvalue weighted by Crippen LogP contribution is 2.32. The van der Waals surface area contributed by atoms with Crippen molar-refractivity contribution in [3.63, 3.8) is 0 Å². The molecule has 0 amide bonds. The largest absolute Gasteiger partial charge is 0.496 e. The first-order valence-electron chi connectivity index (χ1n) is 6.23. The lowest BCUT2D eigenvalue weighted by Crippen LogP contribution is -2.04. The van der Waals surface area contributed by atoms with Gasteiger partial charge in [-0.15, -0.1) is 0 Å². The Morgan fingerprint density at radius 3 is 2.35 bits per heavy atom. The van der Waals surface area contributed by atoms with Crippen LogP contribution in [0.5, 0.6) is 11.5 Å². The third-order valence-electron chi connectivity index (χ3n) is 3.17. The van der Waals surface area contributed by atoms with E-state index in [2.05, 4.69) is 0 Å². The molecule has 0 saturated carbocycles. The topological polar surface area (TPSA) is 38.7 Å². The maximum absolute atomic E-state index is 13.4. The van der Waals surface area contributed by atoms with Gasteiger partial charge in [0.25, 0.3) is 0 Å². The highest BCUT2D eigenvalue weighted by Gasteiger charge is 2.17. The third-order valence-corrected chi connectivity index (χ3v) is 3.17. The van der Waals surface area contributed by atoms with Crippen LogP contribution >= 0.6 is 0 Å². The summed E-state index contributed by atoms with van der Waals surface area (Å²) in [7, 11) is 2.94. The average Bonchev–Trinajstić information content (AvgIpc) is 2.47. The molecule has 0 radical (unpaired) electrons. The zero-order chi connectivity index (χ0) is 14.7. The van der Waals surface area contributed by atoms with E-state index in [4.69, 9.17) is 9.47 Å². The van der Waals surface area contributed by atoms with E-state index in [9.17, 15) is 9.50 Å². The van der Waals surface area contributed by atoms with Gasteiger partial charge in [0.15, 0.2) is 11.6 Å². The van der Waals surface area contributed by atoms with Crippen molar-refractivity contribution in [2.45, 2.75) is 13.0 Å². The van der Waals surface area contributed by atoms with Crippen LogP contribution in [0.25, 0.3) is 0 Å². The second-order valence-corrected chi connectivity index (χ2v) is 4.54. The Hall–Kier alpha value is -2.07. The number of rotatable bonds is 4. The molecule has 1 atom stereocenters. The SMILES string of the molecule is COc1cc(C(O)c2cc(C)ccc2OC)ccc1F. The molecule has 0 spiro atoms. The van der Waals surface area contributed by atoms with Crippen LogP contribution in [0.4, 0.5) is 4.39 Å². The standard InChI is InChI=1S/C16H17FO3/c1-10-4-7-14(19-2)12(8-10)16(18)11-5-6-13(17)15(9-11)20-3/h4-9,16,18H,1-3H3. The number of methoxy groups -OCH3 is 2. The molecule has 3 nitrogen and oxygen atoms in total. The summed E-state index contributed by atoms with van der Waals surface area (Å²) in [5.74, 6) is 0.235. The Morgan fingerprint density at radius 1 is 1.00 bits per heavy atom. The minimum atomic E-state index is -0.903. The van der Waals surface area contributed by atoms with E-state index in [1.807, 2.05) is 19.1 Å². The van der Waals surface area contributed by atoms with E-state index in [-0.39, 0.29) is 5.75 Å². The first kappa shape index (κ1) is 14.3. The molecule has 2 aromatic carbocycles. The summed E-state index contributed by atoms with van der Waals surface area (Å²) in [5, 5.41) is 10.5. The van der Waals surface area contributed by atoms with Gasteiger partial charge < -0.3 is 14.6 Å². The Morgan fingerprint density at radius 2 is 1.70 bits per heavy atom. The molecule has 1 N–H and O–H groups in total. The molecule has 2 aromatic rings. The molecule has 0 aliphatic carbocycles. The van der Waals surface area contributed by atoms with Crippen molar-refractivity contribution in [2.24, 2.45) is 0 Å². The molecule has 0 saturated heterocycles. The third kappa shape index (κ3) is 2.75. The van der Waals surface area contributed by atoms with Crippen molar-refractivity contribution >= 4 is 0 Å². The number of ether oxygens (including phenoxy) is 2. The van der Waals surface area contributed by atoms with Crippen LogP contribution in [0, 0.1) is 12.7 Å². The second-order valence-electron chi connectivity index (χ2n) is 4.54. The smallest absolute Gasteiger partial charge is 0.165 e. The van der Waals surface area contributed by atoms with Gasteiger partial charge in [0.1, 0.15) is 11.9 Å². The summed E-state index contributed by atoms with van der Waals surface area (Å²) >= 11 is 0. The van der Waals surface area contributed by atoms with Crippen molar-refractivity contribution in [3.8, 4) is 11.5 Å². The van der Waals surface area contributed by atoms with Crippen LogP contribution < -0.4 is 9.47 Å². The second kappa shape index (κ2) is 5.92. The van der Waals surface area contributed by atoms with Crippen LogP contribution in [-0.2, 0) is 0 Å². The highest BCUT2D eigenvalue weighted by atomic mass is 19.1. The predicted octanol–water partition coefficient (Wildman–Crippen LogP) is 3.23. The van der Waals surface area contributed by atoms with Crippen LogP contribution in [0.15, 0.2) is 36.4 Å². The molecule has 0 bridgehead atoms. The van der Waals surface area contributed by atoms with Gasteiger partial charge in [-0.2, -0.15) is 0 Å². The molecule has 0 aromatic heterocycles. The molecule has 0 heterocycles. The minimum absolute atomic E-state index is 0.105. The number of benzene rings is 2. The normalized spacial score (nSPS) is 12.1. The lowest BCUT2D eigenvalue weighted by Gasteiger charge is -2.16. The van der Waals surface area contributed by atoms with Crippen molar-refractivity contribution in [1.29, 1.82) is 0 Å². The molecule has 20 heavy (non-hydrogen) atoms. The number of hydrogen-bond donors (Lipinski definition) is 1. The van der Waals surface area contributed by atoms with Gasteiger partial charge in [0.2, 0.25) is 0 Å². The van der Waals surface area contributed by atoms with Gasteiger partial charge >= 0.3 is 0 Å². The fraction of sp³-hybridized carbons (Fsp3) is 0.250. The van der Waals surface area contributed by atoms with E-state index in [0.717, 1.165) is 5.56 Å². The number of hydrogen-bond acceptors (Lipinski definition) is 3. The van der Waals surface area contributed by atoms with Gasteiger partial charge in [-0.05, 0) is 36.8 Å². The number of halogens is 1. The van der Waals surface area contributed by atoms with E-state index >= 15 is 0 Å². The molecule has 0 fully saturated rings. The molecule has 4 heteroatoms. The number of aliphatic hydroxyl groups is 1. The van der Waals surface area contributed by atoms with Gasteiger partial charge in [0, 0.05) is 5.56 Å². The monoisotopic (exact) mass is 276 g/mol. The van der Waals surface area contributed by atoms with E-state index in [1.54, 1.807) is 13.2 Å². The molecule has 0 aliphatic rings. The lowest BCUT2D eigenvalue weighted by atomic mass is 9.98. The lowest BCUT2D eigenvalue weighted by molar-refractivity contribution is 0.214. The fourth-order valence-electron chi connectivity index (χ4n) is 2.09. The number of aliphatic hydroxyl groups excluding tert-OH is 1. The summed E-state index contributed by atoms with van der Waals surface area (Å²) in [5.41, 5.74) is 2.20. The molecule has 0 aliphatic heterocycles. The zero-order valence-corrected chi connectivity index (χ0v) is 11.7. The Bertz CT molecular complexity index is 611. The maximum atomic E-state index is 13.4. The first-order chi connectivity index (χ1) is 9.56. The van der Waals surface area contributed by atoms with Crippen LogP contribution in [0.1, 0.15) is 22.8 Å². The molecular weight excluding hydrogens is 259 g/mol. The van der Waals surface area contributed by atoms with Crippen molar-refractivity contribution in [1.82, 2.24) is 0 Å². The van der Waals surface area contributed by atoms with E-state index in [0.29, 0.717) is 16.9 Å². The van der Waals surface area contributed by atoms with Gasteiger partial charge in [-0.25, -0.2) is 4.39 Å². The Kier molecular flexibility index (Phi) is 4.25. The summed E-state index contributed by atoms with van der Waals surface area (Å²) in [4.78, 5) is 0. The predicted molar refractivity (Wildman–Crippen MR) is 74.7 cm³/mol. The minimum Gasteiger partial charge on any atom is -0.496 e. The zero-order valence-electron chi connectivity index (χ0n) is 11.7. The van der Waals surface area contributed by atoms with Crippen LogP contribution in [-0.4, -0.2) is 19.3 Å². The van der Waals surface area contributed by atoms with Crippen LogP contribution in [0.2, 0.25) is 0 Å². The van der Waals surface area contributed by atoms with Gasteiger partial charge in [0.05, 0.1) is 14.2 Å². The maximum Gasteiger partial charge on any atom is 0.165 e. The highest BCUT2D eigenvalue weighted by molar-refractivity contribution is 5.44. The van der Waals surface area contributed by atoms with E-state index in [1.165, 1.54) is 25.3 Å². The van der Waals surface area contributed by atoms with Crippen molar-refractivity contribution < 1.29 is 19.0 Å². The van der Waals surface area contributed by atoms with Crippen molar-refractivity contribution in [3.05, 3.63) is 58.9 Å². The molecule has 1 unspecified atom stereocenters. The first-order valence-corrected chi connectivity index (χ1v) is 6.23. The molecule has 2 rings (SSSR count). The summed E-state index contributed by atoms with van der Waals surface area (Å²) < 4.78 is 23.6. The molecular formula is C16H17FO3. The Labute approximate surface area is 117 Å². The quantitative estimate of drug-likeness (QED) is 0.931. The Balaban J connectivity index is 2.45. The van der Waals surface area contributed by atoms with Gasteiger partial charge in [-0.3, -0.25) is 0 Å². The van der Waals surface area contributed by atoms with Crippen molar-refractivity contribution in [2.75, 3.05) is 14.2 Å². The average molecular weight is 276 g/mol. The summed E-state index contributed by atoms with van der Waals surface area (Å²) in [6, 6.07) is 9.85. The number of aryl methyl sites for hydroxylation is 1. The molecule has 106 valence electrons. The fourth-order valence-corrected chi connectivity index (χ4v) is 2.09. The summed E-state index contributed by atoms with van der Waals surface area (Å²) in [6.45, 7) is 1.93.